The summed E-state index contributed by atoms with van der Waals surface area (Å²) in [5, 5.41) is 8.67. The van der Waals surface area contributed by atoms with Crippen LogP contribution in [-0.4, -0.2) is 14.9 Å². The van der Waals surface area contributed by atoms with Gasteiger partial charge in [-0.3, -0.25) is 4.79 Å². The Morgan fingerprint density at radius 3 is 2.64 bits per heavy atom. The lowest BCUT2D eigenvalue weighted by Gasteiger charge is -2.22. The van der Waals surface area contributed by atoms with Gasteiger partial charge in [0.2, 0.25) is 0 Å². The van der Waals surface area contributed by atoms with Gasteiger partial charge in [-0.1, -0.05) is 40.2 Å². The van der Waals surface area contributed by atoms with E-state index in [9.17, 15) is 4.79 Å². The van der Waals surface area contributed by atoms with Crippen LogP contribution in [0.15, 0.2) is 24.3 Å². The van der Waals surface area contributed by atoms with Crippen LogP contribution in [0.3, 0.4) is 0 Å². The molecule has 1 aliphatic rings. The van der Waals surface area contributed by atoms with Crippen molar-refractivity contribution in [2.75, 3.05) is 0 Å². The fraction of sp³-hybridized carbons (Fsp3) is 0.286. The van der Waals surface area contributed by atoms with Gasteiger partial charge in [-0.05, 0) is 0 Å². The van der Waals surface area contributed by atoms with Crippen LogP contribution in [0.2, 0.25) is 0 Å². The van der Waals surface area contributed by atoms with Crippen LogP contribution >= 0.6 is 27.5 Å². The van der Waals surface area contributed by atoms with E-state index in [2.05, 4.69) is 15.9 Å². The zero-order valence-electron chi connectivity index (χ0n) is 5.50. The number of hydrogen-bond donors (Lipinski definition) is 1. The highest BCUT2D eigenvalue weighted by atomic mass is 79.9. The van der Waals surface area contributed by atoms with Crippen LogP contribution < -0.4 is 0 Å². The molecule has 0 amide bonds. The second-order valence-electron chi connectivity index (χ2n) is 2.23. The zero-order chi connectivity index (χ0) is 8.48. The van der Waals surface area contributed by atoms with Crippen LogP contribution in [0.4, 0.5) is 0 Å². The van der Waals surface area contributed by atoms with Gasteiger partial charge in [0.15, 0.2) is 0 Å². The molecule has 0 aromatic heterocycles. The highest BCUT2D eigenvalue weighted by Gasteiger charge is 2.36. The molecule has 0 heterocycles. The van der Waals surface area contributed by atoms with Crippen molar-refractivity contribution < 1.29 is 9.90 Å². The Morgan fingerprint density at radius 2 is 2.27 bits per heavy atom. The molecule has 0 fully saturated rings. The van der Waals surface area contributed by atoms with Gasteiger partial charge >= 0.3 is 5.97 Å². The van der Waals surface area contributed by atoms with Crippen molar-refractivity contribution in [1.29, 1.82) is 0 Å². The van der Waals surface area contributed by atoms with Gasteiger partial charge < -0.3 is 5.11 Å². The molecule has 2 atom stereocenters. The van der Waals surface area contributed by atoms with Crippen molar-refractivity contribution in [1.82, 2.24) is 0 Å². The van der Waals surface area contributed by atoms with Crippen molar-refractivity contribution in [3.8, 4) is 0 Å². The molecule has 2 nitrogen and oxygen atoms in total. The number of allylic oxidation sites excluding steroid dienone is 3. The Kier molecular flexibility index (Phi) is 2.40. The predicted octanol–water partition coefficient (Wildman–Crippen LogP) is 2.14. The Labute approximate surface area is 77.7 Å². The Bertz CT molecular complexity index is 233. The standard InChI is InChI=1S/C7H6BrClO2/c8-7(9)4-2-1-3-5(7)6(10)11/h1-5H,(H,10,11)/t5-,7-/m1/s1. The Hall–Kier alpha value is -0.280. The van der Waals surface area contributed by atoms with Gasteiger partial charge in [-0.15, -0.1) is 11.6 Å². The maximum Gasteiger partial charge on any atom is 0.313 e. The number of carboxylic acid groups (broad SMARTS) is 1. The third-order valence-corrected chi connectivity index (χ3v) is 2.53. The number of carboxylic acids is 1. The average molecular weight is 237 g/mol. The van der Waals surface area contributed by atoms with Gasteiger partial charge in [0.1, 0.15) is 9.70 Å². The van der Waals surface area contributed by atoms with Gasteiger partial charge in [0.05, 0.1) is 0 Å². The second-order valence-corrected chi connectivity index (χ2v) is 4.63. The van der Waals surface area contributed by atoms with E-state index in [1.54, 1.807) is 24.3 Å². The highest BCUT2D eigenvalue weighted by molar-refractivity contribution is 9.10. The molecule has 4 heteroatoms. The smallest absolute Gasteiger partial charge is 0.313 e. The predicted molar refractivity (Wildman–Crippen MR) is 46.9 cm³/mol. The molecule has 60 valence electrons. The number of aliphatic carboxylic acids is 1. The first-order valence-corrected chi connectivity index (χ1v) is 4.18. The maximum atomic E-state index is 10.6. The van der Waals surface area contributed by atoms with Crippen molar-refractivity contribution in [2.24, 2.45) is 5.92 Å². The summed E-state index contributed by atoms with van der Waals surface area (Å²) in [5.41, 5.74) is 0. The van der Waals surface area contributed by atoms with Gasteiger partial charge in [-0.2, -0.15) is 0 Å². The van der Waals surface area contributed by atoms with Crippen LogP contribution in [0.1, 0.15) is 0 Å². The largest absolute Gasteiger partial charge is 0.481 e. The summed E-state index contributed by atoms with van der Waals surface area (Å²) in [6, 6.07) is 0. The van der Waals surface area contributed by atoms with E-state index in [-0.39, 0.29) is 0 Å². The van der Waals surface area contributed by atoms with Crippen LogP contribution in [0.25, 0.3) is 0 Å². The summed E-state index contributed by atoms with van der Waals surface area (Å²) in [6.45, 7) is 0. The quantitative estimate of drug-likeness (QED) is 0.710. The molecular formula is C7H6BrClO2. The van der Waals surface area contributed by atoms with E-state index in [4.69, 9.17) is 16.7 Å². The first-order chi connectivity index (χ1) is 5.04. The third-order valence-electron chi connectivity index (χ3n) is 1.41. The molecule has 0 aromatic rings. The molecule has 0 saturated carbocycles. The molecular weight excluding hydrogens is 231 g/mol. The number of carbonyl (C=O) groups is 1. The van der Waals surface area contributed by atoms with Gasteiger partial charge in [0, 0.05) is 0 Å². The lowest BCUT2D eigenvalue weighted by molar-refractivity contribution is -0.140. The molecule has 0 aromatic carbocycles. The van der Waals surface area contributed by atoms with Crippen molar-refractivity contribution in [2.45, 2.75) is 3.78 Å². The maximum absolute atomic E-state index is 10.6. The van der Waals surface area contributed by atoms with Crippen molar-refractivity contribution >= 4 is 33.5 Å². The Balaban J connectivity index is 2.89. The minimum absolute atomic E-state index is 0.700. The first kappa shape index (κ1) is 8.81. The van der Waals surface area contributed by atoms with Crippen molar-refractivity contribution in [3.63, 3.8) is 0 Å². The van der Waals surface area contributed by atoms with Crippen LogP contribution in [0.5, 0.6) is 0 Å². The van der Waals surface area contributed by atoms with E-state index in [0.717, 1.165) is 0 Å². The number of halogens is 2. The monoisotopic (exact) mass is 236 g/mol. The minimum Gasteiger partial charge on any atom is -0.481 e. The average Bonchev–Trinajstić information content (AvgIpc) is 1.85. The van der Waals surface area contributed by atoms with E-state index < -0.39 is 15.7 Å². The van der Waals surface area contributed by atoms with Crippen molar-refractivity contribution in [3.05, 3.63) is 24.3 Å². The summed E-state index contributed by atoms with van der Waals surface area (Å²) < 4.78 is -0.965. The molecule has 0 aliphatic heterocycles. The lowest BCUT2D eigenvalue weighted by atomic mass is 10.0. The first-order valence-electron chi connectivity index (χ1n) is 3.01. The number of hydrogen-bond acceptors (Lipinski definition) is 1. The number of rotatable bonds is 1. The molecule has 1 rings (SSSR count). The molecule has 0 bridgehead atoms. The van der Waals surface area contributed by atoms with E-state index in [1.807, 2.05) is 0 Å². The molecule has 0 saturated heterocycles. The Morgan fingerprint density at radius 1 is 1.64 bits per heavy atom. The van der Waals surface area contributed by atoms with Crippen LogP contribution in [-0.2, 0) is 4.79 Å². The fourth-order valence-corrected chi connectivity index (χ4v) is 1.58. The molecule has 11 heavy (non-hydrogen) atoms. The second kappa shape index (κ2) is 2.99. The lowest BCUT2D eigenvalue weighted by Crippen LogP contribution is -2.29. The normalized spacial score (nSPS) is 35.6. The summed E-state index contributed by atoms with van der Waals surface area (Å²) >= 11 is 8.94. The van der Waals surface area contributed by atoms with Gasteiger partial charge in [0.25, 0.3) is 0 Å². The summed E-state index contributed by atoms with van der Waals surface area (Å²) in [4.78, 5) is 10.6. The fourth-order valence-electron chi connectivity index (χ4n) is 0.838. The van der Waals surface area contributed by atoms with E-state index in [1.165, 1.54) is 0 Å². The summed E-state index contributed by atoms with van der Waals surface area (Å²) in [7, 11) is 0. The molecule has 0 radical (unpaired) electrons. The topological polar surface area (TPSA) is 37.3 Å². The van der Waals surface area contributed by atoms with E-state index >= 15 is 0 Å². The minimum atomic E-state index is -0.965. The molecule has 1 N–H and O–H groups in total. The van der Waals surface area contributed by atoms with Crippen LogP contribution in [0, 0.1) is 5.92 Å². The zero-order valence-corrected chi connectivity index (χ0v) is 7.84. The summed E-state index contributed by atoms with van der Waals surface area (Å²) in [5.74, 6) is -1.63. The molecule has 1 aliphatic carbocycles. The molecule has 0 spiro atoms. The third kappa shape index (κ3) is 1.84. The SMILES string of the molecule is O=C(O)[C@H]1C=CC=C[C@]1(Cl)Br. The highest BCUT2D eigenvalue weighted by Crippen LogP contribution is 2.37. The summed E-state index contributed by atoms with van der Waals surface area (Å²) in [6.07, 6.45) is 6.53. The van der Waals surface area contributed by atoms with Gasteiger partial charge in [-0.25, -0.2) is 0 Å². The molecule has 0 unspecified atom stereocenters. The number of alkyl halides is 2. The van der Waals surface area contributed by atoms with E-state index in [0.29, 0.717) is 0 Å².